The number of carbonyl (C=O) groups is 4. The van der Waals surface area contributed by atoms with Gasteiger partial charge in [-0.2, -0.15) is 0 Å². The lowest BCUT2D eigenvalue weighted by Crippen LogP contribution is -2.51. The number of carbonyl (C=O) groups excluding carboxylic acids is 4. The van der Waals surface area contributed by atoms with Crippen molar-refractivity contribution in [2.45, 2.75) is 89.8 Å². The fourth-order valence-electron chi connectivity index (χ4n) is 5.28. The van der Waals surface area contributed by atoms with Gasteiger partial charge in [-0.1, -0.05) is 63.4 Å². The van der Waals surface area contributed by atoms with Gasteiger partial charge < -0.3 is 25.5 Å². The van der Waals surface area contributed by atoms with Gasteiger partial charge in [0.25, 0.3) is 0 Å². The third-order valence-electron chi connectivity index (χ3n) is 7.22. The van der Waals surface area contributed by atoms with Crippen LogP contribution in [0, 0.1) is 17.8 Å². The van der Waals surface area contributed by atoms with Gasteiger partial charge in [-0.15, -0.1) is 0 Å². The van der Waals surface area contributed by atoms with E-state index in [2.05, 4.69) is 16.0 Å². The molecule has 2 fully saturated rings. The largest absolute Gasteiger partial charge is 0.446 e. The first-order chi connectivity index (χ1) is 17.4. The predicted octanol–water partition coefficient (Wildman–Crippen LogP) is 3.53. The summed E-state index contributed by atoms with van der Waals surface area (Å²) in [5.41, 5.74) is 1.11. The number of aldehydes is 1. The van der Waals surface area contributed by atoms with Crippen LogP contribution < -0.4 is 16.0 Å². The molecule has 198 valence electrons. The van der Waals surface area contributed by atoms with Crippen molar-refractivity contribution in [1.29, 1.82) is 0 Å². The average molecular weight is 500 g/mol. The smallest absolute Gasteiger partial charge is 0.408 e. The maximum absolute atomic E-state index is 13.1. The minimum absolute atomic E-state index is 0.0938. The number of ether oxygens (including phenoxy) is 1. The zero-order valence-electron chi connectivity index (χ0n) is 21.5. The number of amides is 3. The second-order valence-corrected chi connectivity index (χ2v) is 10.6. The molecule has 1 saturated carbocycles. The van der Waals surface area contributed by atoms with Crippen LogP contribution in [0.2, 0.25) is 0 Å². The van der Waals surface area contributed by atoms with Gasteiger partial charge in [0.1, 0.15) is 18.4 Å². The van der Waals surface area contributed by atoms with Gasteiger partial charge in [0.05, 0.1) is 6.04 Å². The molecule has 0 spiro atoms. The average Bonchev–Trinajstić information content (AvgIpc) is 3.27. The van der Waals surface area contributed by atoms with Gasteiger partial charge in [0.2, 0.25) is 11.8 Å². The summed E-state index contributed by atoms with van der Waals surface area (Å²) in [6.45, 7) is 4.51. The van der Waals surface area contributed by atoms with Gasteiger partial charge in [0.15, 0.2) is 0 Å². The fourth-order valence-corrected chi connectivity index (χ4v) is 5.28. The molecule has 1 aromatic carbocycles. The molecule has 0 bridgehead atoms. The molecule has 8 heteroatoms. The Bertz CT molecular complexity index is 869. The van der Waals surface area contributed by atoms with E-state index in [1.807, 2.05) is 44.2 Å². The van der Waals surface area contributed by atoms with Gasteiger partial charge >= 0.3 is 6.09 Å². The van der Waals surface area contributed by atoms with Crippen LogP contribution >= 0.6 is 0 Å². The van der Waals surface area contributed by atoms with E-state index in [0.717, 1.165) is 31.2 Å². The summed E-state index contributed by atoms with van der Waals surface area (Å²) in [6.07, 6.45) is 7.23. The summed E-state index contributed by atoms with van der Waals surface area (Å²) < 4.78 is 5.96. The van der Waals surface area contributed by atoms with Crippen molar-refractivity contribution in [3.63, 3.8) is 0 Å². The highest BCUT2D eigenvalue weighted by atomic mass is 16.6. The van der Waals surface area contributed by atoms with Crippen molar-refractivity contribution in [1.82, 2.24) is 16.0 Å². The summed E-state index contributed by atoms with van der Waals surface area (Å²) in [5.74, 6) is -0.401. The molecule has 8 nitrogen and oxygen atoms in total. The Morgan fingerprint density at radius 1 is 1.08 bits per heavy atom. The van der Waals surface area contributed by atoms with Gasteiger partial charge in [-0.05, 0) is 49.5 Å². The highest BCUT2D eigenvalue weighted by Crippen LogP contribution is 2.30. The summed E-state index contributed by atoms with van der Waals surface area (Å²) in [6, 6.07) is 8.39. The van der Waals surface area contributed by atoms with E-state index in [0.29, 0.717) is 38.0 Å². The molecule has 1 aliphatic heterocycles. The highest BCUT2D eigenvalue weighted by Gasteiger charge is 2.32. The maximum Gasteiger partial charge on any atom is 0.408 e. The highest BCUT2D eigenvalue weighted by molar-refractivity contribution is 5.88. The third kappa shape index (κ3) is 8.64. The molecule has 0 aromatic heterocycles. The first kappa shape index (κ1) is 27.7. The number of alkyl carbamates (subject to hydrolysis) is 1. The van der Waals surface area contributed by atoms with Gasteiger partial charge in [-0.3, -0.25) is 9.59 Å². The van der Waals surface area contributed by atoms with E-state index in [4.69, 9.17) is 4.74 Å². The Kier molecular flexibility index (Phi) is 10.8. The predicted molar refractivity (Wildman–Crippen MR) is 137 cm³/mol. The Labute approximate surface area is 214 Å². The van der Waals surface area contributed by atoms with E-state index in [1.54, 1.807) is 0 Å². The summed E-state index contributed by atoms with van der Waals surface area (Å²) in [4.78, 5) is 49.6. The number of hydrogen-bond donors (Lipinski definition) is 3. The molecular formula is C28H41N3O5. The Morgan fingerprint density at radius 3 is 2.42 bits per heavy atom. The third-order valence-corrected chi connectivity index (χ3v) is 7.22. The van der Waals surface area contributed by atoms with Crippen LogP contribution in [0.3, 0.4) is 0 Å². The SMILES string of the molecule is CC(C)CC(NC(=O)OC(Cc1ccccc1)C1CCCCC1)C(=O)NC(C=O)C[C@@H]1CCNC1=O. The minimum atomic E-state index is -0.832. The molecule has 3 N–H and O–H groups in total. The van der Waals surface area contributed by atoms with Crippen molar-refractivity contribution in [2.75, 3.05) is 6.54 Å². The van der Waals surface area contributed by atoms with Crippen LogP contribution in [-0.2, 0) is 25.5 Å². The van der Waals surface area contributed by atoms with E-state index in [1.165, 1.54) is 6.42 Å². The Morgan fingerprint density at radius 2 is 1.81 bits per heavy atom. The standard InChI is InChI=1S/C28H41N3O5/c1-19(2)15-24(27(34)30-23(18-32)17-22-13-14-29-26(22)33)31-28(35)36-25(21-11-7-4-8-12-21)16-20-9-5-3-6-10-20/h3,5-6,9-10,18-19,21-25H,4,7-8,11-17H2,1-2H3,(H,29,33)(H,30,34)(H,31,35)/t22-,23?,24?,25?/m0/s1. The van der Waals surface area contributed by atoms with Gasteiger partial charge in [-0.25, -0.2) is 4.79 Å². The van der Waals surface area contributed by atoms with Crippen LogP contribution in [0.5, 0.6) is 0 Å². The lowest BCUT2D eigenvalue weighted by atomic mass is 9.83. The first-order valence-corrected chi connectivity index (χ1v) is 13.4. The normalized spacial score (nSPS) is 20.8. The lowest BCUT2D eigenvalue weighted by molar-refractivity contribution is -0.127. The second-order valence-electron chi connectivity index (χ2n) is 10.6. The Balaban J connectivity index is 1.63. The summed E-state index contributed by atoms with van der Waals surface area (Å²) >= 11 is 0. The first-order valence-electron chi connectivity index (χ1n) is 13.4. The second kappa shape index (κ2) is 14.0. The molecule has 4 atom stereocenters. The van der Waals surface area contributed by atoms with Gasteiger partial charge in [0, 0.05) is 18.9 Å². The molecule has 1 heterocycles. The van der Waals surface area contributed by atoms with E-state index in [9.17, 15) is 19.2 Å². The topological polar surface area (TPSA) is 114 Å². The molecule has 1 aromatic rings. The number of rotatable bonds is 12. The fraction of sp³-hybridized carbons (Fsp3) is 0.643. The molecule has 3 unspecified atom stereocenters. The molecular weight excluding hydrogens is 458 g/mol. The minimum Gasteiger partial charge on any atom is -0.446 e. The molecule has 2 aliphatic rings. The van der Waals surface area contributed by atoms with E-state index >= 15 is 0 Å². The summed E-state index contributed by atoms with van der Waals surface area (Å²) in [7, 11) is 0. The zero-order chi connectivity index (χ0) is 25.9. The molecule has 1 aliphatic carbocycles. The van der Waals surface area contributed by atoms with Crippen molar-refractivity contribution in [3.8, 4) is 0 Å². The lowest BCUT2D eigenvalue weighted by Gasteiger charge is -2.31. The van der Waals surface area contributed by atoms with Crippen molar-refractivity contribution < 1.29 is 23.9 Å². The van der Waals surface area contributed by atoms with Crippen LogP contribution in [0.25, 0.3) is 0 Å². The van der Waals surface area contributed by atoms with E-state index in [-0.39, 0.29) is 30.3 Å². The molecule has 0 radical (unpaired) electrons. The van der Waals surface area contributed by atoms with Crippen molar-refractivity contribution >= 4 is 24.2 Å². The molecule has 3 rings (SSSR count). The van der Waals surface area contributed by atoms with Crippen LogP contribution in [0.15, 0.2) is 30.3 Å². The quantitative estimate of drug-likeness (QED) is 0.381. The number of nitrogens with one attached hydrogen (secondary N) is 3. The monoisotopic (exact) mass is 499 g/mol. The molecule has 3 amide bonds. The van der Waals surface area contributed by atoms with Crippen molar-refractivity contribution in [2.24, 2.45) is 17.8 Å². The maximum atomic E-state index is 13.1. The Hall–Kier alpha value is -2.90. The van der Waals surface area contributed by atoms with Crippen molar-refractivity contribution in [3.05, 3.63) is 35.9 Å². The number of hydrogen-bond acceptors (Lipinski definition) is 5. The molecule has 36 heavy (non-hydrogen) atoms. The van der Waals surface area contributed by atoms with Crippen LogP contribution in [0.4, 0.5) is 4.79 Å². The molecule has 1 saturated heterocycles. The number of benzene rings is 1. The van der Waals surface area contributed by atoms with Crippen LogP contribution in [-0.4, -0.2) is 48.9 Å². The zero-order valence-corrected chi connectivity index (χ0v) is 21.5. The summed E-state index contributed by atoms with van der Waals surface area (Å²) in [5, 5.41) is 8.24. The van der Waals surface area contributed by atoms with Crippen LogP contribution in [0.1, 0.15) is 70.8 Å². The van der Waals surface area contributed by atoms with E-state index < -0.39 is 24.1 Å².